The van der Waals surface area contributed by atoms with E-state index in [4.69, 9.17) is 11.6 Å². The Labute approximate surface area is 100 Å². The molecule has 2 heterocycles. The third kappa shape index (κ3) is 3.16. The van der Waals surface area contributed by atoms with Gasteiger partial charge in [-0.25, -0.2) is 4.98 Å². The van der Waals surface area contributed by atoms with Crippen LogP contribution in [0.3, 0.4) is 0 Å². The van der Waals surface area contributed by atoms with Gasteiger partial charge in [-0.2, -0.15) is 0 Å². The second-order valence-electron chi connectivity index (χ2n) is 4.48. The molecule has 0 bridgehead atoms. The average molecular weight is 245 g/mol. The van der Waals surface area contributed by atoms with Crippen LogP contribution < -0.4 is 0 Å². The Balaban J connectivity index is 1.91. The first-order valence-electron chi connectivity index (χ1n) is 5.44. The molecule has 0 aromatic carbocycles. The highest BCUT2D eigenvalue weighted by atomic mass is 35.5. The van der Waals surface area contributed by atoms with Gasteiger partial charge in [0.1, 0.15) is 5.01 Å². The summed E-state index contributed by atoms with van der Waals surface area (Å²) in [7, 11) is 0. The molecule has 2 nitrogen and oxygen atoms in total. The molecule has 0 saturated carbocycles. The first-order valence-corrected chi connectivity index (χ1v) is 6.86. The third-order valence-corrected chi connectivity index (χ3v) is 4.08. The van der Waals surface area contributed by atoms with E-state index in [-0.39, 0.29) is 0 Å². The maximum absolute atomic E-state index is 5.95. The number of aromatic nitrogens is 1. The zero-order chi connectivity index (χ0) is 10.7. The molecule has 2 atom stereocenters. The van der Waals surface area contributed by atoms with E-state index in [0.717, 1.165) is 24.9 Å². The Morgan fingerprint density at radius 1 is 1.60 bits per heavy atom. The normalized spacial score (nSPS) is 28.1. The lowest BCUT2D eigenvalue weighted by atomic mass is 9.92. The van der Waals surface area contributed by atoms with Crippen molar-refractivity contribution in [2.24, 2.45) is 11.8 Å². The van der Waals surface area contributed by atoms with E-state index in [1.54, 1.807) is 11.3 Å². The van der Waals surface area contributed by atoms with Gasteiger partial charge in [0.15, 0.2) is 0 Å². The van der Waals surface area contributed by atoms with Crippen molar-refractivity contribution in [3.05, 3.63) is 16.6 Å². The second kappa shape index (κ2) is 5.28. The summed E-state index contributed by atoms with van der Waals surface area (Å²) in [5, 5.41) is 3.26. The van der Waals surface area contributed by atoms with Crippen molar-refractivity contribution in [3.63, 3.8) is 0 Å². The van der Waals surface area contributed by atoms with Gasteiger partial charge in [-0.05, 0) is 18.3 Å². The zero-order valence-electron chi connectivity index (χ0n) is 9.03. The molecule has 1 aliphatic rings. The fourth-order valence-electron chi connectivity index (χ4n) is 2.36. The Hall–Kier alpha value is -0.120. The molecule has 0 amide bonds. The summed E-state index contributed by atoms with van der Waals surface area (Å²) in [4.78, 5) is 6.82. The van der Waals surface area contributed by atoms with Crippen LogP contribution in [-0.4, -0.2) is 28.9 Å². The van der Waals surface area contributed by atoms with E-state index in [0.29, 0.717) is 5.92 Å². The van der Waals surface area contributed by atoms with Crippen LogP contribution in [-0.2, 0) is 6.54 Å². The number of likely N-dealkylation sites (tertiary alicyclic amines) is 1. The molecule has 2 rings (SSSR count). The maximum Gasteiger partial charge on any atom is 0.107 e. The largest absolute Gasteiger partial charge is 0.296 e. The molecular formula is C11H17ClN2S. The van der Waals surface area contributed by atoms with Crippen LogP contribution in [0.2, 0.25) is 0 Å². The van der Waals surface area contributed by atoms with Crippen molar-refractivity contribution < 1.29 is 0 Å². The Morgan fingerprint density at radius 3 is 3.13 bits per heavy atom. The van der Waals surface area contributed by atoms with Crippen molar-refractivity contribution in [2.75, 3.05) is 19.0 Å². The van der Waals surface area contributed by atoms with E-state index in [2.05, 4.69) is 16.8 Å². The van der Waals surface area contributed by atoms with Gasteiger partial charge >= 0.3 is 0 Å². The van der Waals surface area contributed by atoms with Gasteiger partial charge in [0.25, 0.3) is 0 Å². The smallest absolute Gasteiger partial charge is 0.107 e. The van der Waals surface area contributed by atoms with Gasteiger partial charge in [0, 0.05) is 30.5 Å². The van der Waals surface area contributed by atoms with Crippen LogP contribution in [0.5, 0.6) is 0 Å². The van der Waals surface area contributed by atoms with Crippen LogP contribution in [0.25, 0.3) is 0 Å². The van der Waals surface area contributed by atoms with E-state index in [1.165, 1.54) is 18.0 Å². The molecule has 0 radical (unpaired) electrons. The second-order valence-corrected chi connectivity index (χ2v) is 5.77. The van der Waals surface area contributed by atoms with E-state index >= 15 is 0 Å². The lowest BCUT2D eigenvalue weighted by Gasteiger charge is -2.35. The van der Waals surface area contributed by atoms with Crippen molar-refractivity contribution >= 4 is 22.9 Å². The number of halogens is 1. The van der Waals surface area contributed by atoms with Crippen LogP contribution in [0.15, 0.2) is 11.6 Å². The van der Waals surface area contributed by atoms with Gasteiger partial charge in [-0.15, -0.1) is 22.9 Å². The number of piperidine rings is 1. The van der Waals surface area contributed by atoms with Gasteiger partial charge in [0.05, 0.1) is 6.54 Å². The summed E-state index contributed by atoms with van der Waals surface area (Å²) >= 11 is 7.69. The molecule has 1 aliphatic heterocycles. The van der Waals surface area contributed by atoms with Crippen LogP contribution in [0.1, 0.15) is 18.4 Å². The Morgan fingerprint density at radius 2 is 2.47 bits per heavy atom. The molecule has 1 saturated heterocycles. The Bertz CT molecular complexity index is 289. The SMILES string of the molecule is CC1CC(CCl)CN(Cc2nccs2)C1. The molecule has 15 heavy (non-hydrogen) atoms. The minimum absolute atomic E-state index is 0.662. The Kier molecular flexibility index (Phi) is 4.00. The summed E-state index contributed by atoms with van der Waals surface area (Å²) in [5.74, 6) is 2.22. The maximum atomic E-state index is 5.95. The van der Waals surface area contributed by atoms with Crippen molar-refractivity contribution in [1.29, 1.82) is 0 Å². The predicted molar refractivity (Wildman–Crippen MR) is 65.4 cm³/mol. The molecular weight excluding hydrogens is 228 g/mol. The molecule has 84 valence electrons. The first-order chi connectivity index (χ1) is 7.28. The summed E-state index contributed by atoms with van der Waals surface area (Å²) < 4.78 is 0. The monoisotopic (exact) mass is 244 g/mol. The quantitative estimate of drug-likeness (QED) is 0.761. The number of hydrogen-bond donors (Lipinski definition) is 0. The summed E-state index contributed by atoms with van der Waals surface area (Å²) in [5.41, 5.74) is 0. The van der Waals surface area contributed by atoms with Gasteiger partial charge < -0.3 is 0 Å². The molecule has 0 N–H and O–H groups in total. The molecule has 1 aromatic rings. The van der Waals surface area contributed by atoms with Crippen molar-refractivity contribution in [3.8, 4) is 0 Å². The molecule has 1 aromatic heterocycles. The molecule has 4 heteroatoms. The molecule has 0 spiro atoms. The van der Waals surface area contributed by atoms with E-state index in [1.807, 2.05) is 11.6 Å². The highest BCUT2D eigenvalue weighted by molar-refractivity contribution is 7.09. The van der Waals surface area contributed by atoms with Gasteiger partial charge in [-0.1, -0.05) is 6.92 Å². The number of hydrogen-bond acceptors (Lipinski definition) is 3. The minimum Gasteiger partial charge on any atom is -0.296 e. The number of rotatable bonds is 3. The molecule has 2 unspecified atom stereocenters. The summed E-state index contributed by atoms with van der Waals surface area (Å²) in [6, 6.07) is 0. The van der Waals surface area contributed by atoms with E-state index < -0.39 is 0 Å². The van der Waals surface area contributed by atoms with Crippen molar-refractivity contribution in [2.45, 2.75) is 19.9 Å². The highest BCUT2D eigenvalue weighted by Crippen LogP contribution is 2.24. The first kappa shape index (κ1) is 11.4. The van der Waals surface area contributed by atoms with Crippen molar-refractivity contribution in [1.82, 2.24) is 9.88 Å². The zero-order valence-corrected chi connectivity index (χ0v) is 10.6. The third-order valence-electron chi connectivity index (χ3n) is 2.88. The standard InChI is InChI=1S/C11H17ClN2S/c1-9-4-10(5-12)7-14(6-9)8-11-13-2-3-15-11/h2-3,9-10H,4-8H2,1H3. The lowest BCUT2D eigenvalue weighted by molar-refractivity contribution is 0.135. The highest BCUT2D eigenvalue weighted by Gasteiger charge is 2.24. The number of nitrogens with zero attached hydrogens (tertiary/aromatic N) is 2. The van der Waals surface area contributed by atoms with Crippen LogP contribution in [0.4, 0.5) is 0 Å². The minimum atomic E-state index is 0.662. The molecule has 1 fully saturated rings. The lowest BCUT2D eigenvalue weighted by Crippen LogP contribution is -2.39. The fraction of sp³-hybridized carbons (Fsp3) is 0.727. The number of alkyl halides is 1. The topological polar surface area (TPSA) is 16.1 Å². The predicted octanol–water partition coefficient (Wildman–Crippen LogP) is 2.84. The van der Waals surface area contributed by atoms with E-state index in [9.17, 15) is 0 Å². The van der Waals surface area contributed by atoms with Crippen LogP contribution in [0, 0.1) is 11.8 Å². The summed E-state index contributed by atoms with van der Waals surface area (Å²) in [6.07, 6.45) is 3.16. The van der Waals surface area contributed by atoms with Crippen LogP contribution >= 0.6 is 22.9 Å². The fourth-order valence-corrected chi connectivity index (χ4v) is 3.24. The summed E-state index contributed by atoms with van der Waals surface area (Å²) in [6.45, 7) is 5.63. The van der Waals surface area contributed by atoms with Gasteiger partial charge in [0.2, 0.25) is 0 Å². The molecule has 0 aliphatic carbocycles. The van der Waals surface area contributed by atoms with Gasteiger partial charge in [-0.3, -0.25) is 4.90 Å². The number of thiazole rings is 1. The average Bonchev–Trinajstić information content (AvgIpc) is 2.69.